The van der Waals surface area contributed by atoms with Gasteiger partial charge in [0.15, 0.2) is 11.6 Å². The van der Waals surface area contributed by atoms with Crippen LogP contribution in [-0.2, 0) is 16.0 Å². The second kappa shape index (κ2) is 5.40. The third kappa shape index (κ3) is 3.12. The highest BCUT2D eigenvalue weighted by atomic mass is 16.5. The molecule has 0 aliphatic heterocycles. The Hall–Kier alpha value is -1.23. The Kier molecular flexibility index (Phi) is 3.89. The van der Waals surface area contributed by atoms with Crippen LogP contribution in [0.1, 0.15) is 43.8 Å². The fraction of sp³-hybridized carbons (Fsp3) is 0.750. The first-order valence-electron chi connectivity index (χ1n) is 6.02. The predicted octanol–water partition coefficient (Wildman–Crippen LogP) is 1.73. The molecule has 1 heterocycles. The normalized spacial score (nSPS) is 24.1. The van der Waals surface area contributed by atoms with Crippen LogP contribution in [0.5, 0.6) is 0 Å². The van der Waals surface area contributed by atoms with E-state index < -0.39 is 0 Å². The first-order valence-corrected chi connectivity index (χ1v) is 6.02. The number of rotatable bonds is 5. The first kappa shape index (κ1) is 12.2. The number of hydrogen-bond acceptors (Lipinski definition) is 5. The van der Waals surface area contributed by atoms with Crippen LogP contribution in [0.2, 0.25) is 0 Å². The average Bonchev–Trinajstić information content (AvgIpc) is 2.87. The maximum Gasteiger partial charge on any atom is 0.234 e. The van der Waals surface area contributed by atoms with Gasteiger partial charge in [-0.2, -0.15) is 4.98 Å². The molecule has 1 aliphatic rings. The van der Waals surface area contributed by atoms with Gasteiger partial charge in [0, 0.05) is 13.0 Å². The van der Waals surface area contributed by atoms with Crippen LogP contribution in [0, 0.1) is 5.92 Å². The summed E-state index contributed by atoms with van der Waals surface area (Å²) in [7, 11) is 1.50. The van der Waals surface area contributed by atoms with Crippen molar-refractivity contribution in [2.45, 2.75) is 38.5 Å². The molecule has 1 fully saturated rings. The van der Waals surface area contributed by atoms with Gasteiger partial charge in [0.05, 0.1) is 6.42 Å². The smallest absolute Gasteiger partial charge is 0.234 e. The van der Waals surface area contributed by atoms with Crippen LogP contribution in [0.15, 0.2) is 4.52 Å². The van der Waals surface area contributed by atoms with Gasteiger partial charge in [-0.15, -0.1) is 0 Å². The Bertz CT molecular complexity index is 389. The van der Waals surface area contributed by atoms with E-state index in [2.05, 4.69) is 17.1 Å². The quantitative estimate of drug-likeness (QED) is 0.781. The Morgan fingerprint density at radius 2 is 2.35 bits per heavy atom. The summed E-state index contributed by atoms with van der Waals surface area (Å²) in [4.78, 5) is 15.6. The number of methoxy groups -OCH3 is 1. The fourth-order valence-corrected chi connectivity index (χ4v) is 2.33. The molecule has 17 heavy (non-hydrogen) atoms. The van der Waals surface area contributed by atoms with Gasteiger partial charge < -0.3 is 9.26 Å². The van der Waals surface area contributed by atoms with E-state index in [0.717, 1.165) is 24.6 Å². The number of carbonyl (C=O) groups excluding carboxylic acids is 1. The third-order valence-electron chi connectivity index (χ3n) is 3.20. The summed E-state index contributed by atoms with van der Waals surface area (Å²) in [6, 6.07) is 0. The highest BCUT2D eigenvalue weighted by molar-refractivity contribution is 5.81. The fourth-order valence-electron chi connectivity index (χ4n) is 2.33. The molecule has 1 aromatic rings. The third-order valence-corrected chi connectivity index (χ3v) is 3.20. The molecule has 0 N–H and O–H groups in total. The van der Waals surface area contributed by atoms with E-state index >= 15 is 0 Å². The molecule has 5 nitrogen and oxygen atoms in total. The standard InChI is InChI=1S/C12H18N2O3/c1-8-3-4-9(5-8)12-13-11(17-14-12)6-10(15)7-16-2/h8-9H,3-7H2,1-2H3. The summed E-state index contributed by atoms with van der Waals surface area (Å²) in [6.07, 6.45) is 3.62. The van der Waals surface area contributed by atoms with E-state index in [-0.39, 0.29) is 18.8 Å². The molecule has 1 aromatic heterocycles. The number of hydrogen-bond donors (Lipinski definition) is 0. The van der Waals surface area contributed by atoms with Crippen molar-refractivity contribution < 1.29 is 14.1 Å². The van der Waals surface area contributed by atoms with Gasteiger partial charge in [-0.25, -0.2) is 0 Å². The maximum atomic E-state index is 11.3. The van der Waals surface area contributed by atoms with E-state index in [9.17, 15) is 4.79 Å². The van der Waals surface area contributed by atoms with E-state index in [4.69, 9.17) is 9.26 Å². The minimum atomic E-state index is -0.0394. The van der Waals surface area contributed by atoms with Crippen LogP contribution in [0.4, 0.5) is 0 Å². The van der Waals surface area contributed by atoms with Gasteiger partial charge >= 0.3 is 0 Å². The number of carbonyl (C=O) groups is 1. The maximum absolute atomic E-state index is 11.3. The lowest BCUT2D eigenvalue weighted by Crippen LogP contribution is -2.10. The molecule has 0 spiro atoms. The van der Waals surface area contributed by atoms with Gasteiger partial charge in [0.2, 0.25) is 5.89 Å². The van der Waals surface area contributed by atoms with Crippen LogP contribution >= 0.6 is 0 Å². The van der Waals surface area contributed by atoms with Gasteiger partial charge in [-0.05, 0) is 25.2 Å². The summed E-state index contributed by atoms with van der Waals surface area (Å²) in [6.45, 7) is 2.33. The van der Waals surface area contributed by atoms with Gasteiger partial charge in [0.25, 0.3) is 0 Å². The number of ether oxygens (including phenoxy) is 1. The lowest BCUT2D eigenvalue weighted by molar-refractivity contribution is -0.122. The zero-order chi connectivity index (χ0) is 12.3. The Morgan fingerprint density at radius 3 is 3.00 bits per heavy atom. The van der Waals surface area contributed by atoms with Crippen LogP contribution < -0.4 is 0 Å². The van der Waals surface area contributed by atoms with Crippen molar-refractivity contribution in [2.24, 2.45) is 5.92 Å². The number of aromatic nitrogens is 2. The molecule has 2 rings (SSSR count). The molecule has 0 saturated heterocycles. The number of ketones is 1. The minimum absolute atomic E-state index is 0.0394. The van der Waals surface area contributed by atoms with Crippen molar-refractivity contribution in [3.63, 3.8) is 0 Å². The van der Waals surface area contributed by atoms with Crippen molar-refractivity contribution in [3.8, 4) is 0 Å². The van der Waals surface area contributed by atoms with Crippen LogP contribution in [0.3, 0.4) is 0 Å². The van der Waals surface area contributed by atoms with E-state index in [1.165, 1.54) is 13.5 Å². The van der Waals surface area contributed by atoms with E-state index in [1.54, 1.807) is 0 Å². The molecule has 94 valence electrons. The zero-order valence-corrected chi connectivity index (χ0v) is 10.3. The van der Waals surface area contributed by atoms with Gasteiger partial charge in [-0.1, -0.05) is 12.1 Å². The molecule has 5 heteroatoms. The zero-order valence-electron chi connectivity index (χ0n) is 10.3. The largest absolute Gasteiger partial charge is 0.377 e. The Balaban J connectivity index is 1.94. The molecular weight excluding hydrogens is 220 g/mol. The molecule has 2 atom stereocenters. The lowest BCUT2D eigenvalue weighted by atomic mass is 10.1. The molecule has 0 amide bonds. The molecule has 0 aromatic carbocycles. The SMILES string of the molecule is COCC(=O)Cc1nc(C2CCC(C)C2)no1. The monoisotopic (exact) mass is 238 g/mol. The van der Waals surface area contributed by atoms with Gasteiger partial charge in [-0.3, -0.25) is 4.79 Å². The summed E-state index contributed by atoms with van der Waals surface area (Å²) in [5, 5.41) is 3.97. The highest BCUT2D eigenvalue weighted by Crippen LogP contribution is 2.36. The van der Waals surface area contributed by atoms with Crippen molar-refractivity contribution in [3.05, 3.63) is 11.7 Å². The van der Waals surface area contributed by atoms with Crippen LogP contribution in [0.25, 0.3) is 0 Å². The molecule has 2 unspecified atom stereocenters. The summed E-state index contributed by atoms with van der Waals surface area (Å²) in [5.41, 5.74) is 0. The second-order valence-electron chi connectivity index (χ2n) is 4.81. The molecular formula is C12H18N2O3. The average molecular weight is 238 g/mol. The minimum Gasteiger partial charge on any atom is -0.377 e. The van der Waals surface area contributed by atoms with Crippen molar-refractivity contribution in [1.29, 1.82) is 0 Å². The molecule has 0 radical (unpaired) electrons. The molecule has 1 saturated carbocycles. The van der Waals surface area contributed by atoms with Gasteiger partial charge in [0.1, 0.15) is 6.61 Å². The Labute approximate surface area is 101 Å². The van der Waals surface area contributed by atoms with Crippen molar-refractivity contribution in [2.75, 3.05) is 13.7 Å². The van der Waals surface area contributed by atoms with E-state index in [1.807, 2.05) is 0 Å². The summed E-state index contributed by atoms with van der Waals surface area (Å²) < 4.78 is 9.85. The van der Waals surface area contributed by atoms with Crippen molar-refractivity contribution >= 4 is 5.78 Å². The summed E-state index contributed by atoms with van der Waals surface area (Å²) in [5.74, 6) is 2.26. The second-order valence-corrected chi connectivity index (χ2v) is 4.81. The number of nitrogens with zero attached hydrogens (tertiary/aromatic N) is 2. The van der Waals surface area contributed by atoms with Crippen molar-refractivity contribution in [1.82, 2.24) is 10.1 Å². The predicted molar refractivity (Wildman–Crippen MR) is 60.6 cm³/mol. The lowest BCUT2D eigenvalue weighted by Gasteiger charge is -2.01. The molecule has 0 bridgehead atoms. The molecule has 1 aliphatic carbocycles. The first-order chi connectivity index (χ1) is 8.19. The van der Waals surface area contributed by atoms with Crippen LogP contribution in [-0.4, -0.2) is 29.6 Å². The topological polar surface area (TPSA) is 65.2 Å². The number of Topliss-reactive ketones (excluding diaryl/α,β-unsaturated/α-hetero) is 1. The highest BCUT2D eigenvalue weighted by Gasteiger charge is 2.27. The Morgan fingerprint density at radius 1 is 1.53 bits per heavy atom. The summed E-state index contributed by atoms with van der Waals surface area (Å²) >= 11 is 0. The van der Waals surface area contributed by atoms with E-state index in [0.29, 0.717) is 11.8 Å².